The van der Waals surface area contributed by atoms with E-state index in [4.69, 9.17) is 10.5 Å². The molecule has 0 aromatic heterocycles. The van der Waals surface area contributed by atoms with Gasteiger partial charge in [0, 0.05) is 12.6 Å². The molecule has 3 unspecified atom stereocenters. The fourth-order valence-electron chi connectivity index (χ4n) is 1.79. The van der Waals surface area contributed by atoms with Crippen molar-refractivity contribution >= 4 is 0 Å². The first-order valence-electron chi connectivity index (χ1n) is 5.75. The quantitative estimate of drug-likeness (QED) is 0.672. The lowest BCUT2D eigenvalue weighted by Crippen LogP contribution is -2.35. The Bertz CT molecular complexity index is 146. The highest BCUT2D eigenvalue weighted by Gasteiger charge is 2.21. The predicted molar refractivity (Wildman–Crippen MR) is 59.2 cm³/mol. The van der Waals surface area contributed by atoms with Crippen LogP contribution in [0, 0.1) is 11.8 Å². The highest BCUT2D eigenvalue weighted by atomic mass is 16.5. The van der Waals surface area contributed by atoms with Crippen molar-refractivity contribution in [2.24, 2.45) is 17.6 Å². The van der Waals surface area contributed by atoms with Crippen LogP contribution >= 0.6 is 0 Å². The second-order valence-electron chi connectivity index (χ2n) is 4.50. The molecule has 0 amide bonds. The van der Waals surface area contributed by atoms with Crippen LogP contribution in [-0.4, -0.2) is 32.3 Å². The standard InChI is InChI=1S/C11H24N2O/c1-9(7-12)3-5-13-10(2)11-4-6-14-8-11/h9-11,13H,3-8,12H2,1-2H3. The van der Waals surface area contributed by atoms with Gasteiger partial charge in [0.25, 0.3) is 0 Å². The Morgan fingerprint density at radius 2 is 2.29 bits per heavy atom. The third-order valence-corrected chi connectivity index (χ3v) is 3.18. The first-order valence-corrected chi connectivity index (χ1v) is 5.75. The second-order valence-corrected chi connectivity index (χ2v) is 4.50. The van der Waals surface area contributed by atoms with Gasteiger partial charge in [-0.05, 0) is 44.7 Å². The van der Waals surface area contributed by atoms with E-state index in [0.29, 0.717) is 17.9 Å². The predicted octanol–water partition coefficient (Wildman–Crippen LogP) is 0.986. The Labute approximate surface area is 87.4 Å². The van der Waals surface area contributed by atoms with E-state index in [2.05, 4.69) is 19.2 Å². The van der Waals surface area contributed by atoms with Gasteiger partial charge in [-0.15, -0.1) is 0 Å². The van der Waals surface area contributed by atoms with Gasteiger partial charge in [-0.25, -0.2) is 0 Å². The zero-order chi connectivity index (χ0) is 10.4. The van der Waals surface area contributed by atoms with Gasteiger partial charge < -0.3 is 15.8 Å². The van der Waals surface area contributed by atoms with Gasteiger partial charge in [0.05, 0.1) is 6.61 Å². The van der Waals surface area contributed by atoms with Crippen molar-refractivity contribution < 1.29 is 4.74 Å². The van der Waals surface area contributed by atoms with Crippen molar-refractivity contribution in [1.82, 2.24) is 5.32 Å². The van der Waals surface area contributed by atoms with Gasteiger partial charge in [-0.3, -0.25) is 0 Å². The number of nitrogens with one attached hydrogen (secondary N) is 1. The van der Waals surface area contributed by atoms with E-state index in [1.165, 1.54) is 12.8 Å². The Kier molecular flexibility index (Phi) is 5.45. The summed E-state index contributed by atoms with van der Waals surface area (Å²) >= 11 is 0. The second kappa shape index (κ2) is 6.38. The van der Waals surface area contributed by atoms with Crippen molar-refractivity contribution in [3.63, 3.8) is 0 Å². The number of ether oxygens (including phenoxy) is 1. The Hall–Kier alpha value is -0.120. The van der Waals surface area contributed by atoms with E-state index in [0.717, 1.165) is 26.3 Å². The Balaban J connectivity index is 2.05. The minimum atomic E-state index is 0.586. The smallest absolute Gasteiger partial charge is 0.0509 e. The third-order valence-electron chi connectivity index (χ3n) is 3.18. The molecule has 3 heteroatoms. The van der Waals surface area contributed by atoms with E-state index >= 15 is 0 Å². The highest BCUT2D eigenvalue weighted by Crippen LogP contribution is 2.16. The monoisotopic (exact) mass is 200 g/mol. The SMILES string of the molecule is CC(CN)CCNC(C)C1CCOC1. The zero-order valence-electron chi connectivity index (χ0n) is 9.46. The average Bonchev–Trinajstić information content (AvgIpc) is 2.70. The lowest BCUT2D eigenvalue weighted by molar-refractivity contribution is 0.178. The molecule has 0 spiro atoms. The molecule has 1 rings (SSSR count). The van der Waals surface area contributed by atoms with Crippen LogP contribution in [0.25, 0.3) is 0 Å². The topological polar surface area (TPSA) is 47.3 Å². The average molecular weight is 200 g/mol. The van der Waals surface area contributed by atoms with Crippen molar-refractivity contribution in [2.75, 3.05) is 26.3 Å². The summed E-state index contributed by atoms with van der Waals surface area (Å²) in [7, 11) is 0. The molecule has 1 heterocycles. The third kappa shape index (κ3) is 3.95. The molecule has 0 aromatic rings. The molecule has 1 saturated heterocycles. The Morgan fingerprint density at radius 1 is 1.50 bits per heavy atom. The molecular formula is C11H24N2O. The highest BCUT2D eigenvalue weighted by molar-refractivity contribution is 4.75. The van der Waals surface area contributed by atoms with Crippen LogP contribution in [0.1, 0.15) is 26.7 Å². The largest absolute Gasteiger partial charge is 0.381 e. The van der Waals surface area contributed by atoms with Crippen LogP contribution in [0.2, 0.25) is 0 Å². The molecule has 0 radical (unpaired) electrons. The van der Waals surface area contributed by atoms with Crippen LogP contribution < -0.4 is 11.1 Å². The molecule has 1 fully saturated rings. The molecule has 1 aliphatic heterocycles. The fourth-order valence-corrected chi connectivity index (χ4v) is 1.79. The Morgan fingerprint density at radius 3 is 2.86 bits per heavy atom. The van der Waals surface area contributed by atoms with E-state index < -0.39 is 0 Å². The summed E-state index contributed by atoms with van der Waals surface area (Å²) in [6, 6.07) is 0.586. The summed E-state index contributed by atoms with van der Waals surface area (Å²) in [6.07, 6.45) is 2.38. The normalized spacial score (nSPS) is 26.4. The summed E-state index contributed by atoms with van der Waals surface area (Å²) in [5, 5.41) is 3.55. The fraction of sp³-hybridized carbons (Fsp3) is 1.00. The summed E-state index contributed by atoms with van der Waals surface area (Å²) in [4.78, 5) is 0. The maximum Gasteiger partial charge on any atom is 0.0509 e. The van der Waals surface area contributed by atoms with Crippen LogP contribution in [0.15, 0.2) is 0 Å². The van der Waals surface area contributed by atoms with Crippen molar-refractivity contribution in [3.05, 3.63) is 0 Å². The molecular weight excluding hydrogens is 176 g/mol. The van der Waals surface area contributed by atoms with Gasteiger partial charge in [-0.2, -0.15) is 0 Å². The lowest BCUT2D eigenvalue weighted by Gasteiger charge is -2.20. The number of hydrogen-bond donors (Lipinski definition) is 2. The maximum absolute atomic E-state index is 5.56. The molecule has 84 valence electrons. The molecule has 0 aliphatic carbocycles. The molecule has 3 N–H and O–H groups in total. The van der Waals surface area contributed by atoms with Gasteiger partial charge in [0.15, 0.2) is 0 Å². The van der Waals surface area contributed by atoms with Gasteiger partial charge in [-0.1, -0.05) is 6.92 Å². The number of rotatable bonds is 6. The van der Waals surface area contributed by atoms with E-state index in [1.54, 1.807) is 0 Å². The maximum atomic E-state index is 5.56. The lowest BCUT2D eigenvalue weighted by atomic mass is 10.0. The van der Waals surface area contributed by atoms with Crippen molar-refractivity contribution in [1.29, 1.82) is 0 Å². The molecule has 0 saturated carbocycles. The summed E-state index contributed by atoms with van der Waals surface area (Å²) in [5.41, 5.74) is 5.56. The van der Waals surface area contributed by atoms with Crippen LogP contribution in [0.3, 0.4) is 0 Å². The molecule has 1 aliphatic rings. The summed E-state index contributed by atoms with van der Waals surface area (Å²) < 4.78 is 5.37. The van der Waals surface area contributed by atoms with E-state index in [1.807, 2.05) is 0 Å². The zero-order valence-corrected chi connectivity index (χ0v) is 9.46. The van der Waals surface area contributed by atoms with Crippen LogP contribution in [0.4, 0.5) is 0 Å². The first kappa shape index (κ1) is 12.0. The van der Waals surface area contributed by atoms with E-state index in [9.17, 15) is 0 Å². The van der Waals surface area contributed by atoms with E-state index in [-0.39, 0.29) is 0 Å². The first-order chi connectivity index (χ1) is 6.74. The van der Waals surface area contributed by atoms with Gasteiger partial charge in [0.2, 0.25) is 0 Å². The minimum absolute atomic E-state index is 0.586. The van der Waals surface area contributed by atoms with Crippen LogP contribution in [-0.2, 0) is 4.74 Å². The molecule has 0 bridgehead atoms. The minimum Gasteiger partial charge on any atom is -0.381 e. The van der Waals surface area contributed by atoms with Gasteiger partial charge >= 0.3 is 0 Å². The molecule has 3 atom stereocenters. The summed E-state index contributed by atoms with van der Waals surface area (Å²) in [6.45, 7) is 8.20. The molecule has 3 nitrogen and oxygen atoms in total. The molecule has 14 heavy (non-hydrogen) atoms. The number of hydrogen-bond acceptors (Lipinski definition) is 3. The summed E-state index contributed by atoms with van der Waals surface area (Å²) in [5.74, 6) is 1.35. The number of nitrogens with two attached hydrogens (primary N) is 1. The van der Waals surface area contributed by atoms with Crippen LogP contribution in [0.5, 0.6) is 0 Å². The molecule has 0 aromatic carbocycles. The van der Waals surface area contributed by atoms with Crippen molar-refractivity contribution in [2.45, 2.75) is 32.7 Å². The van der Waals surface area contributed by atoms with Gasteiger partial charge in [0.1, 0.15) is 0 Å². The van der Waals surface area contributed by atoms with Crippen molar-refractivity contribution in [3.8, 4) is 0 Å².